The summed E-state index contributed by atoms with van der Waals surface area (Å²) in [6, 6.07) is 3.11. The first-order valence-corrected chi connectivity index (χ1v) is 6.97. The van der Waals surface area contributed by atoms with Crippen molar-refractivity contribution in [1.82, 2.24) is 10.6 Å². The number of nitrogens with one attached hydrogen (secondary N) is 2. The van der Waals surface area contributed by atoms with Crippen LogP contribution in [-0.2, 0) is 9.53 Å². The third kappa shape index (κ3) is 5.61. The van der Waals surface area contributed by atoms with Crippen LogP contribution in [0, 0.1) is 0 Å². The molecule has 0 aromatic heterocycles. The number of urea groups is 1. The van der Waals surface area contributed by atoms with Crippen molar-refractivity contribution in [2.75, 3.05) is 6.61 Å². The van der Waals surface area contributed by atoms with E-state index in [0.717, 1.165) is 0 Å². The molecule has 1 atom stereocenters. The molecule has 0 aliphatic carbocycles. The SMILES string of the molecule is CC[C@@H](C)NC(=O)NC(=O)COC(=O)c1ccc(Cl)cc1O. The molecule has 3 N–H and O–H groups in total. The Labute approximate surface area is 132 Å². The molecule has 0 heterocycles. The van der Waals surface area contributed by atoms with E-state index < -0.39 is 24.5 Å². The first-order valence-electron chi connectivity index (χ1n) is 6.59. The Morgan fingerprint density at radius 3 is 2.64 bits per heavy atom. The number of rotatable bonds is 5. The van der Waals surface area contributed by atoms with Gasteiger partial charge in [0.2, 0.25) is 0 Å². The number of hydrogen-bond donors (Lipinski definition) is 3. The minimum Gasteiger partial charge on any atom is -0.507 e. The number of phenolic OH excluding ortho intramolecular Hbond substituents is 1. The Hall–Kier alpha value is -2.28. The highest BCUT2D eigenvalue weighted by Gasteiger charge is 2.16. The van der Waals surface area contributed by atoms with E-state index >= 15 is 0 Å². The predicted molar refractivity (Wildman–Crippen MR) is 79.8 cm³/mol. The highest BCUT2D eigenvalue weighted by atomic mass is 35.5. The normalized spacial score (nSPS) is 11.4. The van der Waals surface area contributed by atoms with Crippen molar-refractivity contribution < 1.29 is 24.2 Å². The molecule has 0 unspecified atom stereocenters. The fourth-order valence-corrected chi connectivity index (χ4v) is 1.58. The lowest BCUT2D eigenvalue weighted by Crippen LogP contribution is -2.44. The number of carbonyl (C=O) groups is 3. The number of esters is 1. The average Bonchev–Trinajstić information content (AvgIpc) is 2.44. The molecule has 0 spiro atoms. The second-order valence-corrected chi connectivity index (χ2v) is 5.00. The number of aromatic hydroxyl groups is 1. The maximum Gasteiger partial charge on any atom is 0.342 e. The van der Waals surface area contributed by atoms with Crippen molar-refractivity contribution >= 4 is 29.5 Å². The Kier molecular flexibility index (Phi) is 6.65. The zero-order valence-electron chi connectivity index (χ0n) is 12.2. The summed E-state index contributed by atoms with van der Waals surface area (Å²) in [7, 11) is 0. The first-order chi connectivity index (χ1) is 10.3. The third-order valence-electron chi connectivity index (χ3n) is 2.76. The van der Waals surface area contributed by atoms with Gasteiger partial charge in [0.1, 0.15) is 11.3 Å². The van der Waals surface area contributed by atoms with Crippen molar-refractivity contribution in [2.45, 2.75) is 26.3 Å². The van der Waals surface area contributed by atoms with E-state index in [9.17, 15) is 19.5 Å². The Morgan fingerprint density at radius 2 is 2.05 bits per heavy atom. The van der Waals surface area contributed by atoms with Crippen LogP contribution in [0.5, 0.6) is 5.75 Å². The van der Waals surface area contributed by atoms with Gasteiger partial charge < -0.3 is 15.2 Å². The molecule has 8 heteroatoms. The van der Waals surface area contributed by atoms with Gasteiger partial charge in [-0.1, -0.05) is 18.5 Å². The number of benzene rings is 1. The van der Waals surface area contributed by atoms with E-state index in [4.69, 9.17) is 16.3 Å². The lowest BCUT2D eigenvalue weighted by atomic mass is 10.2. The number of amides is 3. The minimum atomic E-state index is -0.897. The van der Waals surface area contributed by atoms with E-state index in [1.807, 2.05) is 12.2 Å². The summed E-state index contributed by atoms with van der Waals surface area (Å²) in [6.07, 6.45) is 0.715. The molecule has 0 radical (unpaired) electrons. The van der Waals surface area contributed by atoms with Gasteiger partial charge in [0.15, 0.2) is 6.61 Å². The second kappa shape index (κ2) is 8.23. The predicted octanol–water partition coefficient (Wildman–Crippen LogP) is 1.83. The van der Waals surface area contributed by atoms with Gasteiger partial charge in [0.25, 0.3) is 5.91 Å². The van der Waals surface area contributed by atoms with Crippen LogP contribution in [0.25, 0.3) is 0 Å². The molecule has 0 saturated carbocycles. The molecular formula is C14H17ClN2O5. The molecule has 1 aromatic rings. The quantitative estimate of drug-likeness (QED) is 0.715. The smallest absolute Gasteiger partial charge is 0.342 e. The lowest BCUT2D eigenvalue weighted by Gasteiger charge is -2.12. The molecule has 0 aliphatic heterocycles. The second-order valence-electron chi connectivity index (χ2n) is 4.57. The monoisotopic (exact) mass is 328 g/mol. The van der Waals surface area contributed by atoms with Crippen LogP contribution in [0.15, 0.2) is 18.2 Å². The molecule has 0 fully saturated rings. The zero-order chi connectivity index (χ0) is 16.7. The molecule has 22 heavy (non-hydrogen) atoms. The van der Waals surface area contributed by atoms with E-state index in [1.54, 1.807) is 6.92 Å². The zero-order valence-corrected chi connectivity index (χ0v) is 12.9. The third-order valence-corrected chi connectivity index (χ3v) is 2.99. The Balaban J connectivity index is 2.46. The molecular weight excluding hydrogens is 312 g/mol. The van der Waals surface area contributed by atoms with E-state index in [0.29, 0.717) is 6.42 Å². The number of halogens is 1. The minimum absolute atomic E-state index is 0.0821. The van der Waals surface area contributed by atoms with Crippen LogP contribution >= 0.6 is 11.6 Å². The van der Waals surface area contributed by atoms with Crippen LogP contribution < -0.4 is 10.6 Å². The van der Waals surface area contributed by atoms with Crippen molar-refractivity contribution in [3.05, 3.63) is 28.8 Å². The van der Waals surface area contributed by atoms with E-state index in [2.05, 4.69) is 5.32 Å². The summed E-state index contributed by atoms with van der Waals surface area (Å²) >= 11 is 5.64. The van der Waals surface area contributed by atoms with Gasteiger partial charge in [-0.2, -0.15) is 0 Å². The number of ether oxygens (including phenoxy) is 1. The van der Waals surface area contributed by atoms with Crippen molar-refractivity contribution in [3.8, 4) is 5.75 Å². The molecule has 7 nitrogen and oxygen atoms in total. The van der Waals surface area contributed by atoms with Crippen LogP contribution in [0.3, 0.4) is 0 Å². The highest BCUT2D eigenvalue weighted by Crippen LogP contribution is 2.22. The molecule has 3 amide bonds. The lowest BCUT2D eigenvalue weighted by molar-refractivity contribution is -0.123. The summed E-state index contributed by atoms with van der Waals surface area (Å²) in [5.74, 6) is -2.03. The standard InChI is InChI=1S/C14H17ClN2O5/c1-3-8(2)16-14(21)17-12(19)7-22-13(20)10-5-4-9(15)6-11(10)18/h4-6,8,18H,3,7H2,1-2H3,(H2,16,17,19,21)/t8-/m1/s1. The summed E-state index contributed by atoms with van der Waals surface area (Å²) < 4.78 is 4.71. The summed E-state index contributed by atoms with van der Waals surface area (Å²) in [5.41, 5.74) is -0.124. The number of imide groups is 1. The van der Waals surface area contributed by atoms with E-state index in [-0.39, 0.29) is 22.4 Å². The van der Waals surface area contributed by atoms with Crippen molar-refractivity contribution in [3.63, 3.8) is 0 Å². The topological polar surface area (TPSA) is 105 Å². The molecule has 1 rings (SSSR count). The summed E-state index contributed by atoms with van der Waals surface area (Å²) in [5, 5.41) is 14.4. The first kappa shape index (κ1) is 17.8. The van der Waals surface area contributed by atoms with Crippen LogP contribution in [0.1, 0.15) is 30.6 Å². The van der Waals surface area contributed by atoms with Gasteiger partial charge in [0, 0.05) is 11.1 Å². The molecule has 0 aliphatic rings. The van der Waals surface area contributed by atoms with Gasteiger partial charge in [0.05, 0.1) is 0 Å². The van der Waals surface area contributed by atoms with Gasteiger partial charge in [-0.25, -0.2) is 9.59 Å². The van der Waals surface area contributed by atoms with Gasteiger partial charge >= 0.3 is 12.0 Å². The van der Waals surface area contributed by atoms with Gasteiger partial charge in [-0.15, -0.1) is 0 Å². The van der Waals surface area contributed by atoms with Gasteiger partial charge in [-0.3, -0.25) is 10.1 Å². The summed E-state index contributed by atoms with van der Waals surface area (Å²) in [6.45, 7) is 3.02. The maximum absolute atomic E-state index is 11.7. The van der Waals surface area contributed by atoms with Crippen molar-refractivity contribution in [2.24, 2.45) is 0 Å². The van der Waals surface area contributed by atoms with Crippen molar-refractivity contribution in [1.29, 1.82) is 0 Å². The maximum atomic E-state index is 11.7. The fourth-order valence-electron chi connectivity index (χ4n) is 1.41. The number of phenols is 1. The van der Waals surface area contributed by atoms with Gasteiger partial charge in [-0.05, 0) is 31.5 Å². The molecule has 120 valence electrons. The number of hydrogen-bond acceptors (Lipinski definition) is 5. The fraction of sp³-hybridized carbons (Fsp3) is 0.357. The van der Waals surface area contributed by atoms with E-state index in [1.165, 1.54) is 18.2 Å². The molecule has 0 saturated heterocycles. The largest absolute Gasteiger partial charge is 0.507 e. The number of carbonyl (C=O) groups excluding carboxylic acids is 3. The Bertz CT molecular complexity index is 576. The average molecular weight is 329 g/mol. The molecule has 1 aromatic carbocycles. The molecule has 0 bridgehead atoms. The Morgan fingerprint density at radius 1 is 1.36 bits per heavy atom. The van der Waals surface area contributed by atoms with Crippen LogP contribution in [-0.4, -0.2) is 35.7 Å². The highest BCUT2D eigenvalue weighted by molar-refractivity contribution is 6.30. The summed E-state index contributed by atoms with van der Waals surface area (Å²) in [4.78, 5) is 34.5. The van der Waals surface area contributed by atoms with Crippen LogP contribution in [0.2, 0.25) is 5.02 Å². The van der Waals surface area contributed by atoms with Crippen LogP contribution in [0.4, 0.5) is 4.79 Å².